The smallest absolute Gasteiger partial charge is 0.327 e. The Kier molecular flexibility index (Phi) is 4.10. The summed E-state index contributed by atoms with van der Waals surface area (Å²) in [5.74, 6) is -0.869. The molecule has 1 atom stereocenters. The van der Waals surface area contributed by atoms with E-state index in [2.05, 4.69) is 0 Å². The molecular formula is C13H16F4N2. The lowest BCUT2D eigenvalue weighted by Crippen LogP contribution is -2.42. The Morgan fingerprint density at radius 3 is 2.68 bits per heavy atom. The highest BCUT2D eigenvalue weighted by molar-refractivity contribution is 5.30. The fraction of sp³-hybridized carbons (Fsp3) is 0.538. The zero-order valence-corrected chi connectivity index (χ0v) is 10.4. The Morgan fingerprint density at radius 1 is 1.32 bits per heavy atom. The highest BCUT2D eigenvalue weighted by Crippen LogP contribution is 2.33. The van der Waals surface area contributed by atoms with E-state index in [9.17, 15) is 17.6 Å². The third kappa shape index (κ3) is 3.67. The third-order valence-electron chi connectivity index (χ3n) is 3.31. The Morgan fingerprint density at radius 2 is 2.05 bits per heavy atom. The zero-order chi connectivity index (χ0) is 14.0. The lowest BCUT2D eigenvalue weighted by molar-refractivity contribution is -0.138. The molecule has 1 aliphatic rings. The maximum Gasteiger partial charge on any atom is 0.416 e. The molecule has 1 aliphatic heterocycles. The number of benzene rings is 1. The summed E-state index contributed by atoms with van der Waals surface area (Å²) in [5.41, 5.74) is 5.01. The molecule has 1 aromatic rings. The van der Waals surface area contributed by atoms with Crippen molar-refractivity contribution >= 4 is 0 Å². The number of nitrogens with two attached hydrogens (primary N) is 1. The van der Waals surface area contributed by atoms with Crippen molar-refractivity contribution in [2.75, 3.05) is 13.1 Å². The van der Waals surface area contributed by atoms with Crippen molar-refractivity contribution in [3.63, 3.8) is 0 Å². The van der Waals surface area contributed by atoms with E-state index in [0.717, 1.165) is 25.5 Å². The normalized spacial score (nSPS) is 21.6. The first-order valence-electron chi connectivity index (χ1n) is 6.20. The highest BCUT2D eigenvalue weighted by Gasteiger charge is 2.34. The van der Waals surface area contributed by atoms with E-state index in [1.165, 1.54) is 6.07 Å². The molecule has 106 valence electrons. The van der Waals surface area contributed by atoms with Crippen molar-refractivity contribution in [2.24, 2.45) is 5.73 Å². The van der Waals surface area contributed by atoms with E-state index >= 15 is 0 Å². The van der Waals surface area contributed by atoms with Gasteiger partial charge >= 0.3 is 6.18 Å². The van der Waals surface area contributed by atoms with Crippen LogP contribution in [-0.4, -0.2) is 24.0 Å². The standard InChI is InChI=1S/C13H16F4N2/c14-10-4-3-9(12(6-10)13(15,16)17)7-19-5-1-2-11(18)8-19/h3-4,6,11H,1-2,5,7-8,18H2/t11-/m0/s1. The minimum atomic E-state index is -4.53. The first kappa shape index (κ1) is 14.3. The molecule has 1 aromatic carbocycles. The summed E-state index contributed by atoms with van der Waals surface area (Å²) in [6.07, 6.45) is -2.76. The predicted octanol–water partition coefficient (Wildman–Crippen LogP) is 2.77. The van der Waals surface area contributed by atoms with Crippen molar-refractivity contribution in [1.82, 2.24) is 4.90 Å². The van der Waals surface area contributed by atoms with E-state index in [1.807, 2.05) is 4.90 Å². The summed E-state index contributed by atoms with van der Waals surface area (Å²) < 4.78 is 51.5. The fourth-order valence-corrected chi connectivity index (χ4v) is 2.43. The number of likely N-dealkylation sites (tertiary alicyclic amines) is 1. The summed E-state index contributed by atoms with van der Waals surface area (Å²) in [5, 5.41) is 0. The number of rotatable bonds is 2. The van der Waals surface area contributed by atoms with Crippen LogP contribution in [0.5, 0.6) is 0 Å². The van der Waals surface area contributed by atoms with Gasteiger partial charge < -0.3 is 5.73 Å². The van der Waals surface area contributed by atoms with Gasteiger partial charge in [0.15, 0.2) is 0 Å². The van der Waals surface area contributed by atoms with Gasteiger partial charge in [-0.2, -0.15) is 13.2 Å². The van der Waals surface area contributed by atoms with Gasteiger partial charge in [-0.1, -0.05) is 6.07 Å². The maximum atomic E-state index is 13.0. The quantitative estimate of drug-likeness (QED) is 0.842. The van der Waals surface area contributed by atoms with Gasteiger partial charge in [-0.3, -0.25) is 4.90 Å². The molecule has 2 N–H and O–H groups in total. The summed E-state index contributed by atoms with van der Waals surface area (Å²) >= 11 is 0. The van der Waals surface area contributed by atoms with Gasteiger partial charge in [-0.15, -0.1) is 0 Å². The second kappa shape index (κ2) is 5.46. The molecule has 6 heteroatoms. The molecule has 0 bridgehead atoms. The van der Waals surface area contributed by atoms with Gasteiger partial charge in [-0.05, 0) is 37.1 Å². The Balaban J connectivity index is 2.20. The molecule has 0 radical (unpaired) electrons. The molecule has 2 nitrogen and oxygen atoms in total. The molecular weight excluding hydrogens is 260 g/mol. The minimum absolute atomic E-state index is 0.00327. The Hall–Kier alpha value is -1.14. The van der Waals surface area contributed by atoms with Crippen molar-refractivity contribution in [3.8, 4) is 0 Å². The molecule has 19 heavy (non-hydrogen) atoms. The molecule has 1 saturated heterocycles. The van der Waals surface area contributed by atoms with Crippen LogP contribution in [0.3, 0.4) is 0 Å². The zero-order valence-electron chi connectivity index (χ0n) is 10.4. The first-order chi connectivity index (χ1) is 8.86. The Bertz CT molecular complexity index is 445. The van der Waals surface area contributed by atoms with Gasteiger partial charge in [0.2, 0.25) is 0 Å². The molecule has 1 fully saturated rings. The Labute approximate surface area is 109 Å². The van der Waals surface area contributed by atoms with Gasteiger partial charge in [0, 0.05) is 19.1 Å². The number of hydrogen-bond acceptors (Lipinski definition) is 2. The molecule has 0 unspecified atom stereocenters. The average Bonchev–Trinajstić information content (AvgIpc) is 2.30. The second-order valence-electron chi connectivity index (χ2n) is 4.94. The second-order valence-corrected chi connectivity index (χ2v) is 4.94. The lowest BCUT2D eigenvalue weighted by atomic mass is 10.0. The van der Waals surface area contributed by atoms with Crippen molar-refractivity contribution in [3.05, 3.63) is 35.1 Å². The molecule has 0 aliphatic carbocycles. The maximum absolute atomic E-state index is 13.0. The number of halogens is 4. The topological polar surface area (TPSA) is 29.3 Å². The highest BCUT2D eigenvalue weighted by atomic mass is 19.4. The average molecular weight is 276 g/mol. The number of piperidine rings is 1. The van der Waals surface area contributed by atoms with Gasteiger partial charge in [0.05, 0.1) is 5.56 Å². The minimum Gasteiger partial charge on any atom is -0.327 e. The van der Waals surface area contributed by atoms with Crippen LogP contribution in [-0.2, 0) is 12.7 Å². The van der Waals surface area contributed by atoms with E-state index < -0.39 is 17.6 Å². The molecule has 2 rings (SSSR count). The monoisotopic (exact) mass is 276 g/mol. The number of nitrogens with zero attached hydrogens (tertiary/aromatic N) is 1. The summed E-state index contributed by atoms with van der Waals surface area (Å²) in [7, 11) is 0. The molecule has 0 saturated carbocycles. The van der Waals surface area contributed by atoms with Crippen molar-refractivity contribution in [1.29, 1.82) is 0 Å². The largest absolute Gasteiger partial charge is 0.416 e. The summed E-state index contributed by atoms with van der Waals surface area (Å²) in [6, 6.07) is 2.83. The van der Waals surface area contributed by atoms with Gasteiger partial charge in [-0.25, -0.2) is 4.39 Å². The first-order valence-corrected chi connectivity index (χ1v) is 6.20. The van der Waals surface area contributed by atoms with E-state index in [0.29, 0.717) is 12.6 Å². The van der Waals surface area contributed by atoms with Crippen LogP contribution in [0.15, 0.2) is 18.2 Å². The summed E-state index contributed by atoms with van der Waals surface area (Å²) in [4.78, 5) is 1.89. The van der Waals surface area contributed by atoms with Crippen LogP contribution in [0.1, 0.15) is 24.0 Å². The lowest BCUT2D eigenvalue weighted by Gasteiger charge is -2.31. The predicted molar refractivity (Wildman–Crippen MR) is 63.9 cm³/mol. The number of alkyl halides is 3. The van der Waals surface area contributed by atoms with E-state index in [4.69, 9.17) is 5.73 Å². The fourth-order valence-electron chi connectivity index (χ4n) is 2.43. The molecule has 0 amide bonds. The van der Waals surface area contributed by atoms with Crippen LogP contribution >= 0.6 is 0 Å². The van der Waals surface area contributed by atoms with Gasteiger partial charge in [0.1, 0.15) is 5.82 Å². The molecule has 1 heterocycles. The molecule has 0 aromatic heterocycles. The van der Waals surface area contributed by atoms with Crippen LogP contribution in [0, 0.1) is 5.82 Å². The van der Waals surface area contributed by atoms with Crippen LogP contribution in [0.25, 0.3) is 0 Å². The van der Waals surface area contributed by atoms with Crippen molar-refractivity contribution < 1.29 is 17.6 Å². The van der Waals surface area contributed by atoms with Crippen LogP contribution in [0.2, 0.25) is 0 Å². The van der Waals surface area contributed by atoms with Gasteiger partial charge in [0.25, 0.3) is 0 Å². The van der Waals surface area contributed by atoms with E-state index in [1.54, 1.807) is 0 Å². The van der Waals surface area contributed by atoms with E-state index in [-0.39, 0.29) is 18.2 Å². The third-order valence-corrected chi connectivity index (χ3v) is 3.31. The van der Waals surface area contributed by atoms with Crippen LogP contribution < -0.4 is 5.73 Å². The van der Waals surface area contributed by atoms with Crippen LogP contribution in [0.4, 0.5) is 17.6 Å². The number of hydrogen-bond donors (Lipinski definition) is 1. The SMILES string of the molecule is N[C@H]1CCCN(Cc2ccc(F)cc2C(F)(F)F)C1. The summed E-state index contributed by atoms with van der Waals surface area (Å²) in [6.45, 7) is 1.46. The molecule has 0 spiro atoms. The van der Waals surface area contributed by atoms with Crippen molar-refractivity contribution in [2.45, 2.75) is 31.6 Å².